The number of piperidine rings is 1. The van der Waals surface area contributed by atoms with Gasteiger partial charge >= 0.3 is 0 Å². The molecule has 3 heterocycles. The number of aliphatic hydroxyl groups is 1. The van der Waals surface area contributed by atoms with Crippen molar-refractivity contribution in [3.8, 4) is 6.07 Å². The number of likely N-dealkylation sites (tertiary alicyclic amines) is 1. The Morgan fingerprint density at radius 1 is 1.34 bits per heavy atom. The monoisotopic (exact) mass is 488 g/mol. The molecule has 3 aliphatic heterocycles. The van der Waals surface area contributed by atoms with Gasteiger partial charge in [-0.3, -0.25) is 9.79 Å². The van der Waals surface area contributed by atoms with E-state index in [1.54, 1.807) is 11.1 Å². The largest absolute Gasteiger partial charge is 0.389 e. The lowest BCUT2D eigenvalue weighted by Crippen LogP contribution is -2.48. The van der Waals surface area contributed by atoms with E-state index in [4.69, 9.17) is 5.26 Å². The highest BCUT2D eigenvalue weighted by atomic mass is 19.3. The molecule has 0 spiro atoms. The van der Waals surface area contributed by atoms with Crippen molar-refractivity contribution in [2.75, 3.05) is 19.6 Å². The van der Waals surface area contributed by atoms with E-state index < -0.39 is 35.4 Å². The van der Waals surface area contributed by atoms with E-state index in [0.717, 1.165) is 6.07 Å². The Labute approximate surface area is 201 Å². The highest BCUT2D eigenvalue weighted by molar-refractivity contribution is 6.25. The Morgan fingerprint density at radius 2 is 2.03 bits per heavy atom. The van der Waals surface area contributed by atoms with Crippen molar-refractivity contribution in [3.05, 3.63) is 46.8 Å². The number of benzene rings is 1. The quantitative estimate of drug-likeness (QED) is 0.663. The first kappa shape index (κ1) is 24.7. The second-order valence-corrected chi connectivity index (χ2v) is 9.19. The average molecular weight is 489 g/mol. The summed E-state index contributed by atoms with van der Waals surface area (Å²) in [5.74, 6) is -0.643. The predicted molar refractivity (Wildman–Crippen MR) is 123 cm³/mol. The van der Waals surface area contributed by atoms with Crippen LogP contribution in [0.15, 0.2) is 39.9 Å². The number of nitrogens with one attached hydrogen (secondary N) is 1. The smallest absolute Gasteiger partial charge is 0.266 e. The molecule has 2 atom stereocenters. The Hall–Kier alpha value is -3.39. The van der Waals surface area contributed by atoms with Gasteiger partial charge in [-0.2, -0.15) is 10.4 Å². The van der Waals surface area contributed by atoms with Gasteiger partial charge in [0.15, 0.2) is 5.84 Å². The molecule has 1 saturated heterocycles. The first-order chi connectivity index (χ1) is 16.6. The number of carbonyl (C=O) groups is 1. The molecule has 35 heavy (non-hydrogen) atoms. The van der Waals surface area contributed by atoms with Crippen LogP contribution in [0.5, 0.6) is 0 Å². The third-order valence-corrected chi connectivity index (χ3v) is 6.54. The van der Waals surface area contributed by atoms with Crippen LogP contribution in [-0.4, -0.2) is 63.9 Å². The summed E-state index contributed by atoms with van der Waals surface area (Å²) in [6, 6.07) is 4.78. The van der Waals surface area contributed by atoms with Crippen molar-refractivity contribution in [3.63, 3.8) is 0 Å². The van der Waals surface area contributed by atoms with Gasteiger partial charge in [0.25, 0.3) is 12.3 Å². The lowest BCUT2D eigenvalue weighted by atomic mass is 9.88. The fourth-order valence-corrected chi connectivity index (χ4v) is 4.52. The van der Waals surface area contributed by atoms with Crippen LogP contribution in [-0.2, 0) is 4.79 Å². The highest BCUT2D eigenvalue weighted by Gasteiger charge is 2.37. The van der Waals surface area contributed by atoms with E-state index >= 15 is 0 Å². The number of hydrazone groups is 1. The number of amidine groups is 2. The number of nitriles is 1. The molecule has 0 radical (unpaired) electrons. The zero-order valence-electron chi connectivity index (χ0n) is 19.5. The molecular weight excluding hydrogens is 461 g/mol. The van der Waals surface area contributed by atoms with Gasteiger partial charge in [-0.05, 0) is 32.8 Å². The molecule has 0 aromatic heterocycles. The minimum atomic E-state index is -2.96. The topological polar surface area (TPSA) is 104 Å². The zero-order chi connectivity index (χ0) is 25.3. The van der Waals surface area contributed by atoms with E-state index in [9.17, 15) is 23.1 Å². The van der Waals surface area contributed by atoms with Crippen LogP contribution in [0.4, 0.5) is 13.2 Å². The summed E-state index contributed by atoms with van der Waals surface area (Å²) in [6.45, 7) is 4.82. The molecule has 8 nitrogen and oxygen atoms in total. The molecule has 0 saturated carbocycles. The van der Waals surface area contributed by atoms with Crippen molar-refractivity contribution in [2.45, 2.75) is 57.2 Å². The summed E-state index contributed by atoms with van der Waals surface area (Å²) in [7, 11) is 0. The minimum absolute atomic E-state index is 0.0344. The summed E-state index contributed by atoms with van der Waals surface area (Å²) in [6.07, 6.45) is -0.517. The number of rotatable bonds is 5. The maximum atomic E-state index is 14.6. The second kappa shape index (κ2) is 9.70. The maximum Gasteiger partial charge on any atom is 0.266 e. The van der Waals surface area contributed by atoms with E-state index in [1.165, 1.54) is 19.1 Å². The van der Waals surface area contributed by atoms with Gasteiger partial charge in [0.2, 0.25) is 0 Å². The van der Waals surface area contributed by atoms with Crippen LogP contribution >= 0.6 is 0 Å². The molecule has 1 aromatic carbocycles. The first-order valence-corrected chi connectivity index (χ1v) is 11.5. The van der Waals surface area contributed by atoms with Crippen molar-refractivity contribution in [1.29, 1.82) is 5.26 Å². The maximum absolute atomic E-state index is 14.6. The standard InChI is InChI=1S/C24H27F3N6O2/c1-14-13-33-22(29-14)18(12-19(31-33)32-10-7-24(35,6-9-28)8-11-32)23(34)30-15(2)16-4-3-5-17(20(16)25)21(26)27/h3-5,12,14-15,21,35H,6-8,10-11,13H2,1-2H3,(H,30,34)/t14-,15-/m1/s1. The van der Waals surface area contributed by atoms with Gasteiger partial charge in [-0.25, -0.2) is 18.2 Å². The fraction of sp³-hybridized carbons (Fsp3) is 0.500. The van der Waals surface area contributed by atoms with Crippen LogP contribution in [0, 0.1) is 17.1 Å². The van der Waals surface area contributed by atoms with Gasteiger partial charge in [0.05, 0.1) is 47.9 Å². The summed E-state index contributed by atoms with van der Waals surface area (Å²) < 4.78 is 40.8. The van der Waals surface area contributed by atoms with Crippen molar-refractivity contribution in [1.82, 2.24) is 15.2 Å². The number of aliphatic imine (C=N–C) groups is 1. The first-order valence-electron chi connectivity index (χ1n) is 11.5. The van der Waals surface area contributed by atoms with Gasteiger partial charge < -0.3 is 15.3 Å². The predicted octanol–water partition coefficient (Wildman–Crippen LogP) is 3.04. The van der Waals surface area contributed by atoms with Crippen molar-refractivity contribution >= 4 is 17.6 Å². The summed E-state index contributed by atoms with van der Waals surface area (Å²) in [4.78, 5) is 19.7. The summed E-state index contributed by atoms with van der Waals surface area (Å²) in [5.41, 5.74) is -1.54. The van der Waals surface area contributed by atoms with Crippen LogP contribution in [0.1, 0.15) is 56.7 Å². The van der Waals surface area contributed by atoms with Gasteiger partial charge in [-0.15, -0.1) is 0 Å². The molecule has 1 fully saturated rings. The molecule has 4 rings (SSSR count). The Bertz CT molecular complexity index is 1130. The summed E-state index contributed by atoms with van der Waals surface area (Å²) >= 11 is 0. The number of hydrogen-bond donors (Lipinski definition) is 2. The average Bonchev–Trinajstić information content (AvgIpc) is 3.18. The van der Waals surface area contributed by atoms with E-state index in [0.29, 0.717) is 44.1 Å². The third kappa shape index (κ3) is 5.03. The summed E-state index contributed by atoms with van der Waals surface area (Å²) in [5, 5.41) is 28.5. The number of nitrogens with zero attached hydrogens (tertiary/aromatic N) is 5. The molecule has 1 amide bonds. The number of fused-ring (bicyclic) bond motifs is 1. The second-order valence-electron chi connectivity index (χ2n) is 9.19. The SMILES string of the molecule is C[C@@H]1CN2N=C(N3CCC(O)(CC#N)CC3)C=C(C(=O)N[C@H](C)c3cccc(C(F)F)c3F)C2=N1. The number of carbonyl (C=O) groups excluding carboxylic acids is 1. The van der Waals surface area contributed by atoms with Gasteiger partial charge in [0.1, 0.15) is 11.7 Å². The Morgan fingerprint density at radius 3 is 2.69 bits per heavy atom. The van der Waals surface area contributed by atoms with Gasteiger partial charge in [0, 0.05) is 18.7 Å². The third-order valence-electron chi connectivity index (χ3n) is 6.54. The molecule has 0 aliphatic carbocycles. The molecular formula is C24H27F3N6O2. The highest BCUT2D eigenvalue weighted by Crippen LogP contribution is 2.29. The Kier molecular flexibility index (Phi) is 6.85. The molecule has 0 bridgehead atoms. The van der Waals surface area contributed by atoms with Crippen LogP contribution < -0.4 is 5.32 Å². The fourth-order valence-electron chi connectivity index (χ4n) is 4.52. The van der Waals surface area contributed by atoms with Crippen molar-refractivity contribution < 1.29 is 23.1 Å². The van der Waals surface area contributed by atoms with E-state index in [-0.39, 0.29) is 23.6 Å². The number of amides is 1. The molecule has 11 heteroatoms. The van der Waals surface area contributed by atoms with Crippen LogP contribution in [0.3, 0.4) is 0 Å². The van der Waals surface area contributed by atoms with E-state index in [1.807, 2.05) is 17.9 Å². The number of hydrogen-bond acceptors (Lipinski definition) is 7. The lowest BCUT2D eigenvalue weighted by Gasteiger charge is -2.39. The van der Waals surface area contributed by atoms with Crippen molar-refractivity contribution in [2.24, 2.45) is 10.1 Å². The number of halogens is 3. The molecule has 186 valence electrons. The number of alkyl halides is 2. The lowest BCUT2D eigenvalue weighted by molar-refractivity contribution is -0.117. The molecule has 3 aliphatic rings. The van der Waals surface area contributed by atoms with E-state index in [2.05, 4.69) is 15.4 Å². The molecule has 1 aromatic rings. The molecule has 2 N–H and O–H groups in total. The van der Waals surface area contributed by atoms with Crippen LogP contribution in [0.2, 0.25) is 0 Å². The van der Waals surface area contributed by atoms with Crippen LogP contribution in [0.25, 0.3) is 0 Å². The minimum Gasteiger partial charge on any atom is -0.389 e. The normalized spacial score (nSPS) is 22.1. The Balaban J connectivity index is 1.56. The zero-order valence-corrected chi connectivity index (χ0v) is 19.5. The van der Waals surface area contributed by atoms with Gasteiger partial charge in [-0.1, -0.05) is 18.2 Å². The molecule has 0 unspecified atom stereocenters.